The Kier molecular flexibility index (Phi) is 3.91. The van der Waals surface area contributed by atoms with Gasteiger partial charge in [-0.1, -0.05) is 6.07 Å². The number of benzene rings is 1. The smallest absolute Gasteiger partial charge is 0.257 e. The van der Waals surface area contributed by atoms with Crippen molar-refractivity contribution in [1.82, 2.24) is 5.32 Å². The second-order valence-electron chi connectivity index (χ2n) is 4.58. The molecule has 1 aromatic rings. The minimum absolute atomic E-state index is 0.125. The largest absolute Gasteiger partial charge is 0.393 e. The molecule has 0 spiro atoms. The summed E-state index contributed by atoms with van der Waals surface area (Å²) in [4.78, 5) is 11.8. The van der Waals surface area contributed by atoms with Crippen LogP contribution in [0, 0.1) is 11.6 Å². The van der Waals surface area contributed by atoms with E-state index >= 15 is 0 Å². The Bertz CT molecular complexity index is 422. The maximum absolute atomic E-state index is 13.4. The highest BCUT2D eigenvalue weighted by Crippen LogP contribution is 2.19. The Hall–Kier alpha value is -1.49. The summed E-state index contributed by atoms with van der Waals surface area (Å²) in [5.74, 6) is -2.45. The van der Waals surface area contributed by atoms with Crippen molar-refractivity contribution >= 4 is 5.91 Å². The van der Waals surface area contributed by atoms with Crippen molar-refractivity contribution in [2.24, 2.45) is 0 Å². The van der Waals surface area contributed by atoms with E-state index in [0.29, 0.717) is 25.7 Å². The topological polar surface area (TPSA) is 49.3 Å². The summed E-state index contributed by atoms with van der Waals surface area (Å²) in [6.45, 7) is 0. The van der Waals surface area contributed by atoms with Crippen molar-refractivity contribution in [3.05, 3.63) is 35.4 Å². The normalized spacial score (nSPS) is 23.7. The molecule has 5 heteroatoms. The molecule has 0 aliphatic heterocycles. The third-order valence-electron chi connectivity index (χ3n) is 3.22. The lowest BCUT2D eigenvalue weighted by atomic mass is 9.93. The molecule has 3 nitrogen and oxygen atoms in total. The zero-order chi connectivity index (χ0) is 13.1. The molecule has 1 aliphatic rings. The highest BCUT2D eigenvalue weighted by atomic mass is 19.1. The molecule has 0 heterocycles. The number of hydrogen-bond donors (Lipinski definition) is 2. The highest BCUT2D eigenvalue weighted by Gasteiger charge is 2.23. The third kappa shape index (κ3) is 2.85. The summed E-state index contributed by atoms with van der Waals surface area (Å²) in [6, 6.07) is 3.21. The molecule has 1 aliphatic carbocycles. The van der Waals surface area contributed by atoms with Gasteiger partial charge in [0.05, 0.1) is 6.10 Å². The minimum atomic E-state index is -0.858. The first-order valence-electron chi connectivity index (χ1n) is 6.01. The van der Waals surface area contributed by atoms with Gasteiger partial charge in [-0.05, 0) is 37.8 Å². The molecule has 1 saturated carbocycles. The van der Waals surface area contributed by atoms with E-state index in [0.717, 1.165) is 12.1 Å². The van der Waals surface area contributed by atoms with Crippen LogP contribution in [0.15, 0.2) is 18.2 Å². The van der Waals surface area contributed by atoms with E-state index in [1.54, 1.807) is 0 Å². The standard InChI is InChI=1S/C13H15F2NO2/c14-10-2-1-3-11(15)12(10)13(18)16-8-4-6-9(17)7-5-8/h1-3,8-9,17H,4-7H2,(H,16,18). The van der Waals surface area contributed by atoms with Crippen molar-refractivity contribution in [1.29, 1.82) is 0 Å². The molecule has 18 heavy (non-hydrogen) atoms. The third-order valence-corrected chi connectivity index (χ3v) is 3.22. The van der Waals surface area contributed by atoms with Crippen LogP contribution in [0.3, 0.4) is 0 Å². The molecule has 2 rings (SSSR count). The van der Waals surface area contributed by atoms with Gasteiger partial charge >= 0.3 is 0 Å². The van der Waals surface area contributed by atoms with Gasteiger partial charge in [-0.25, -0.2) is 8.78 Å². The summed E-state index contributed by atoms with van der Waals surface area (Å²) in [7, 11) is 0. The quantitative estimate of drug-likeness (QED) is 0.849. The van der Waals surface area contributed by atoms with Gasteiger partial charge in [0.25, 0.3) is 5.91 Å². The molecule has 0 bridgehead atoms. The molecule has 1 fully saturated rings. The Morgan fingerprint density at radius 3 is 2.28 bits per heavy atom. The highest BCUT2D eigenvalue weighted by molar-refractivity contribution is 5.94. The fraction of sp³-hybridized carbons (Fsp3) is 0.462. The van der Waals surface area contributed by atoms with Crippen molar-refractivity contribution < 1.29 is 18.7 Å². The monoisotopic (exact) mass is 255 g/mol. The number of aliphatic hydroxyl groups is 1. The molecule has 1 aromatic carbocycles. The molecule has 2 N–H and O–H groups in total. The van der Waals surface area contributed by atoms with E-state index in [1.165, 1.54) is 6.07 Å². The molecule has 0 saturated heterocycles. The van der Waals surface area contributed by atoms with Gasteiger partial charge in [0.15, 0.2) is 0 Å². The fourth-order valence-electron chi connectivity index (χ4n) is 2.19. The summed E-state index contributed by atoms with van der Waals surface area (Å²) in [5.41, 5.74) is -0.538. The van der Waals surface area contributed by atoms with Crippen molar-refractivity contribution in [2.45, 2.75) is 37.8 Å². The zero-order valence-corrected chi connectivity index (χ0v) is 9.83. The molecule has 0 radical (unpaired) electrons. The van der Waals surface area contributed by atoms with Gasteiger partial charge in [-0.3, -0.25) is 4.79 Å². The van der Waals surface area contributed by atoms with Gasteiger partial charge < -0.3 is 10.4 Å². The number of aliphatic hydroxyl groups excluding tert-OH is 1. The molecule has 1 amide bonds. The molecule has 0 aromatic heterocycles. The van der Waals surface area contributed by atoms with Gasteiger partial charge in [0, 0.05) is 6.04 Å². The van der Waals surface area contributed by atoms with Crippen LogP contribution < -0.4 is 5.32 Å². The van der Waals surface area contributed by atoms with Crippen LogP contribution in [-0.4, -0.2) is 23.2 Å². The van der Waals surface area contributed by atoms with Crippen LogP contribution >= 0.6 is 0 Å². The summed E-state index contributed by atoms with van der Waals surface area (Å²) < 4.78 is 26.8. The Morgan fingerprint density at radius 1 is 1.17 bits per heavy atom. The first-order valence-corrected chi connectivity index (χ1v) is 6.01. The molecular formula is C13H15F2NO2. The van der Waals surface area contributed by atoms with Crippen molar-refractivity contribution in [3.63, 3.8) is 0 Å². The minimum Gasteiger partial charge on any atom is -0.393 e. The van der Waals surface area contributed by atoms with E-state index in [1.807, 2.05) is 0 Å². The lowest BCUT2D eigenvalue weighted by Crippen LogP contribution is -2.39. The fourth-order valence-corrected chi connectivity index (χ4v) is 2.19. The van der Waals surface area contributed by atoms with E-state index < -0.39 is 23.1 Å². The first-order chi connectivity index (χ1) is 8.58. The Labute approximate surface area is 104 Å². The average Bonchev–Trinajstić information content (AvgIpc) is 2.32. The van der Waals surface area contributed by atoms with Gasteiger partial charge in [0.1, 0.15) is 17.2 Å². The molecule has 98 valence electrons. The van der Waals surface area contributed by atoms with E-state index in [-0.39, 0.29) is 12.1 Å². The maximum Gasteiger partial charge on any atom is 0.257 e. The van der Waals surface area contributed by atoms with Gasteiger partial charge in [-0.2, -0.15) is 0 Å². The number of carbonyl (C=O) groups is 1. The van der Waals surface area contributed by atoms with Crippen LogP contribution in [0.2, 0.25) is 0 Å². The second-order valence-corrected chi connectivity index (χ2v) is 4.58. The lowest BCUT2D eigenvalue weighted by Gasteiger charge is -2.26. The average molecular weight is 255 g/mol. The summed E-state index contributed by atoms with van der Waals surface area (Å²) >= 11 is 0. The molecular weight excluding hydrogens is 240 g/mol. The first kappa shape index (κ1) is 13.0. The number of rotatable bonds is 2. The number of nitrogens with one attached hydrogen (secondary N) is 1. The van der Waals surface area contributed by atoms with Crippen molar-refractivity contribution in [3.8, 4) is 0 Å². The predicted molar refractivity (Wildman–Crippen MR) is 62.1 cm³/mol. The predicted octanol–water partition coefficient (Wildman–Crippen LogP) is 2.00. The number of halogens is 2. The number of carbonyl (C=O) groups excluding carboxylic acids is 1. The van der Waals surface area contributed by atoms with E-state index in [9.17, 15) is 18.7 Å². The molecule has 0 unspecified atom stereocenters. The Morgan fingerprint density at radius 2 is 1.72 bits per heavy atom. The van der Waals surface area contributed by atoms with Crippen LogP contribution in [-0.2, 0) is 0 Å². The van der Waals surface area contributed by atoms with Crippen LogP contribution in [0.4, 0.5) is 8.78 Å². The SMILES string of the molecule is O=C(NC1CCC(O)CC1)c1c(F)cccc1F. The summed E-state index contributed by atoms with van der Waals surface area (Å²) in [5, 5.41) is 11.9. The second kappa shape index (κ2) is 5.44. The number of hydrogen-bond acceptors (Lipinski definition) is 2. The van der Waals surface area contributed by atoms with Crippen LogP contribution in [0.1, 0.15) is 36.0 Å². The maximum atomic E-state index is 13.4. The summed E-state index contributed by atoms with van der Waals surface area (Å²) in [6.07, 6.45) is 2.13. The van der Waals surface area contributed by atoms with E-state index in [2.05, 4.69) is 5.32 Å². The zero-order valence-electron chi connectivity index (χ0n) is 9.83. The van der Waals surface area contributed by atoms with Crippen molar-refractivity contribution in [2.75, 3.05) is 0 Å². The number of amides is 1. The van der Waals surface area contributed by atoms with Crippen LogP contribution in [0.25, 0.3) is 0 Å². The molecule has 0 atom stereocenters. The Balaban J connectivity index is 2.04. The lowest BCUT2D eigenvalue weighted by molar-refractivity contribution is 0.0860. The van der Waals surface area contributed by atoms with E-state index in [4.69, 9.17) is 0 Å². The van der Waals surface area contributed by atoms with Gasteiger partial charge in [-0.15, -0.1) is 0 Å². The van der Waals surface area contributed by atoms with Crippen LogP contribution in [0.5, 0.6) is 0 Å². The van der Waals surface area contributed by atoms with Gasteiger partial charge in [0.2, 0.25) is 0 Å².